The monoisotopic (exact) mass is 276 g/mol. The van der Waals surface area contributed by atoms with Gasteiger partial charge in [-0.05, 0) is 6.07 Å². The largest absolute Gasteiger partial charge is 0.465 e. The first-order chi connectivity index (χ1) is 9.61. The van der Waals surface area contributed by atoms with E-state index in [1.807, 2.05) is 11.6 Å². The van der Waals surface area contributed by atoms with Gasteiger partial charge in [0.15, 0.2) is 0 Å². The summed E-state index contributed by atoms with van der Waals surface area (Å²) in [7, 11) is 3.19. The molecule has 106 valence electrons. The Balaban J connectivity index is 2.05. The zero-order valence-corrected chi connectivity index (χ0v) is 11.3. The van der Waals surface area contributed by atoms with Gasteiger partial charge in [0, 0.05) is 20.0 Å². The number of nitrogens with zero attached hydrogens (tertiary/aromatic N) is 4. The minimum absolute atomic E-state index is 0.311. The Morgan fingerprint density at radius 2 is 2.35 bits per heavy atom. The standard InChI is InChI=1S/C12H16N6O2/c1-18-7-16-17-10(18)3-4-14-11-9(12(19)20-2)5-8(13)6-15-11/h5-7H,3-4,13H2,1-2H3,(H,14,15). The minimum atomic E-state index is -0.481. The van der Waals surface area contributed by atoms with E-state index in [0.29, 0.717) is 30.0 Å². The number of nitrogens with two attached hydrogens (primary N) is 1. The first-order valence-electron chi connectivity index (χ1n) is 6.02. The Hall–Kier alpha value is -2.64. The molecule has 2 rings (SSSR count). The lowest BCUT2D eigenvalue weighted by atomic mass is 10.2. The molecule has 0 saturated carbocycles. The molecule has 0 fully saturated rings. The van der Waals surface area contributed by atoms with Gasteiger partial charge in [-0.3, -0.25) is 0 Å². The summed E-state index contributed by atoms with van der Waals surface area (Å²) in [5.74, 6) is 0.798. The lowest BCUT2D eigenvalue weighted by Crippen LogP contribution is -2.14. The number of ether oxygens (including phenoxy) is 1. The average Bonchev–Trinajstić information content (AvgIpc) is 2.85. The topological polar surface area (TPSA) is 108 Å². The van der Waals surface area contributed by atoms with Crippen LogP contribution < -0.4 is 11.1 Å². The molecular weight excluding hydrogens is 260 g/mol. The Morgan fingerprint density at radius 3 is 3.00 bits per heavy atom. The maximum absolute atomic E-state index is 11.6. The average molecular weight is 276 g/mol. The van der Waals surface area contributed by atoms with Gasteiger partial charge in [-0.15, -0.1) is 10.2 Å². The van der Waals surface area contributed by atoms with Crippen molar-refractivity contribution in [3.05, 3.63) is 30.0 Å². The molecule has 2 aromatic rings. The van der Waals surface area contributed by atoms with E-state index in [-0.39, 0.29) is 0 Å². The summed E-state index contributed by atoms with van der Waals surface area (Å²) in [6.07, 6.45) is 3.77. The van der Waals surface area contributed by atoms with Crippen molar-refractivity contribution in [2.45, 2.75) is 6.42 Å². The van der Waals surface area contributed by atoms with E-state index < -0.39 is 5.97 Å². The third-order valence-corrected chi connectivity index (χ3v) is 2.76. The molecule has 0 spiro atoms. The molecule has 3 N–H and O–H groups in total. The highest BCUT2D eigenvalue weighted by molar-refractivity contribution is 5.95. The van der Waals surface area contributed by atoms with E-state index in [2.05, 4.69) is 20.5 Å². The number of aromatic nitrogens is 4. The third kappa shape index (κ3) is 3.02. The van der Waals surface area contributed by atoms with Gasteiger partial charge in [-0.1, -0.05) is 0 Å². The molecule has 0 amide bonds. The predicted octanol–water partition coefficient (Wildman–Crippen LogP) is 0.233. The molecule has 8 heteroatoms. The quantitative estimate of drug-likeness (QED) is 0.753. The van der Waals surface area contributed by atoms with Gasteiger partial charge in [-0.2, -0.15) is 0 Å². The van der Waals surface area contributed by atoms with Crippen molar-refractivity contribution < 1.29 is 9.53 Å². The van der Waals surface area contributed by atoms with E-state index in [9.17, 15) is 4.79 Å². The van der Waals surface area contributed by atoms with Gasteiger partial charge in [0.05, 0.1) is 19.0 Å². The second-order valence-corrected chi connectivity index (χ2v) is 4.19. The van der Waals surface area contributed by atoms with Crippen molar-refractivity contribution in [2.24, 2.45) is 7.05 Å². The van der Waals surface area contributed by atoms with Crippen LogP contribution in [0.3, 0.4) is 0 Å². The first-order valence-corrected chi connectivity index (χ1v) is 6.02. The van der Waals surface area contributed by atoms with E-state index in [1.165, 1.54) is 19.4 Å². The molecule has 0 radical (unpaired) electrons. The van der Waals surface area contributed by atoms with E-state index in [0.717, 1.165) is 5.82 Å². The van der Waals surface area contributed by atoms with Crippen LogP contribution in [0.1, 0.15) is 16.2 Å². The Bertz CT molecular complexity index is 610. The molecule has 0 aliphatic rings. The van der Waals surface area contributed by atoms with Crippen molar-refractivity contribution in [2.75, 3.05) is 24.7 Å². The number of nitrogens with one attached hydrogen (secondary N) is 1. The van der Waals surface area contributed by atoms with Gasteiger partial charge in [0.1, 0.15) is 23.5 Å². The SMILES string of the molecule is COC(=O)c1cc(N)cnc1NCCc1nncn1C. The smallest absolute Gasteiger partial charge is 0.341 e. The lowest BCUT2D eigenvalue weighted by Gasteiger charge is -2.10. The normalized spacial score (nSPS) is 10.3. The molecule has 0 unspecified atom stereocenters. The van der Waals surface area contributed by atoms with E-state index in [4.69, 9.17) is 10.5 Å². The number of esters is 1. The van der Waals surface area contributed by atoms with E-state index in [1.54, 1.807) is 6.33 Å². The Labute approximate surface area is 116 Å². The van der Waals surface area contributed by atoms with Crippen molar-refractivity contribution in [1.29, 1.82) is 0 Å². The Morgan fingerprint density at radius 1 is 1.55 bits per heavy atom. The van der Waals surface area contributed by atoms with Crippen LogP contribution >= 0.6 is 0 Å². The highest BCUT2D eigenvalue weighted by Crippen LogP contribution is 2.16. The minimum Gasteiger partial charge on any atom is -0.465 e. The fourth-order valence-corrected chi connectivity index (χ4v) is 1.71. The van der Waals surface area contributed by atoms with Crippen molar-refractivity contribution in [1.82, 2.24) is 19.7 Å². The van der Waals surface area contributed by atoms with Gasteiger partial charge >= 0.3 is 5.97 Å². The van der Waals surface area contributed by atoms with Crippen molar-refractivity contribution >= 4 is 17.5 Å². The predicted molar refractivity (Wildman–Crippen MR) is 73.2 cm³/mol. The molecule has 0 atom stereocenters. The summed E-state index contributed by atoms with van der Waals surface area (Å²) in [5.41, 5.74) is 6.34. The second kappa shape index (κ2) is 6.00. The summed E-state index contributed by atoms with van der Waals surface area (Å²) in [5, 5.41) is 10.8. The maximum Gasteiger partial charge on any atom is 0.341 e. The molecule has 8 nitrogen and oxygen atoms in total. The third-order valence-electron chi connectivity index (χ3n) is 2.76. The molecule has 0 aromatic carbocycles. The molecule has 0 bridgehead atoms. The number of nitrogen functional groups attached to an aromatic ring is 1. The summed E-state index contributed by atoms with van der Waals surface area (Å²) < 4.78 is 6.53. The Kier molecular flexibility index (Phi) is 4.14. The number of pyridine rings is 1. The van der Waals surface area contributed by atoms with Crippen molar-refractivity contribution in [3.8, 4) is 0 Å². The molecular formula is C12H16N6O2. The molecule has 20 heavy (non-hydrogen) atoms. The maximum atomic E-state index is 11.6. The van der Waals surface area contributed by atoms with Gasteiger partial charge in [0.25, 0.3) is 0 Å². The van der Waals surface area contributed by atoms with Crippen LogP contribution in [-0.4, -0.2) is 39.4 Å². The number of anilines is 2. The van der Waals surface area contributed by atoms with Crippen LogP contribution in [0.2, 0.25) is 0 Å². The molecule has 0 aliphatic carbocycles. The van der Waals surface area contributed by atoms with Crippen LogP contribution in [-0.2, 0) is 18.2 Å². The summed E-state index contributed by atoms with van der Waals surface area (Å²) in [6, 6.07) is 1.53. The highest BCUT2D eigenvalue weighted by atomic mass is 16.5. The van der Waals surface area contributed by atoms with Crippen molar-refractivity contribution in [3.63, 3.8) is 0 Å². The molecule has 0 saturated heterocycles. The van der Waals surface area contributed by atoms with E-state index >= 15 is 0 Å². The molecule has 0 aliphatic heterocycles. The van der Waals surface area contributed by atoms with Gasteiger partial charge < -0.3 is 20.4 Å². The van der Waals surface area contributed by atoms with Crippen LogP contribution in [0.25, 0.3) is 0 Å². The molecule has 2 heterocycles. The highest BCUT2D eigenvalue weighted by Gasteiger charge is 2.13. The molecule has 2 aromatic heterocycles. The summed E-state index contributed by atoms with van der Waals surface area (Å²) in [4.78, 5) is 15.8. The lowest BCUT2D eigenvalue weighted by molar-refractivity contribution is 0.0601. The van der Waals surface area contributed by atoms with Crippen LogP contribution in [0.5, 0.6) is 0 Å². The van der Waals surface area contributed by atoms with Gasteiger partial charge in [-0.25, -0.2) is 9.78 Å². The summed E-state index contributed by atoms with van der Waals surface area (Å²) in [6.45, 7) is 0.563. The number of carbonyl (C=O) groups is 1. The van der Waals surface area contributed by atoms with Crippen LogP contribution in [0.4, 0.5) is 11.5 Å². The number of aryl methyl sites for hydroxylation is 1. The number of carbonyl (C=O) groups excluding carboxylic acids is 1. The zero-order chi connectivity index (χ0) is 14.5. The number of hydrogen-bond donors (Lipinski definition) is 2. The zero-order valence-electron chi connectivity index (χ0n) is 11.3. The fourth-order valence-electron chi connectivity index (χ4n) is 1.71. The number of methoxy groups -OCH3 is 1. The number of hydrogen-bond acceptors (Lipinski definition) is 7. The van der Waals surface area contributed by atoms with Crippen LogP contribution in [0.15, 0.2) is 18.6 Å². The summed E-state index contributed by atoms with van der Waals surface area (Å²) >= 11 is 0. The second-order valence-electron chi connectivity index (χ2n) is 4.19. The fraction of sp³-hybridized carbons (Fsp3) is 0.333. The number of rotatable bonds is 5. The van der Waals surface area contributed by atoms with Gasteiger partial charge in [0.2, 0.25) is 0 Å². The van der Waals surface area contributed by atoms with Crippen LogP contribution in [0, 0.1) is 0 Å². The first kappa shape index (κ1) is 13.8.